The number of hydrogen-bond donors (Lipinski definition) is 1. The van der Waals surface area contributed by atoms with E-state index >= 15 is 0 Å². The lowest BCUT2D eigenvalue weighted by molar-refractivity contribution is 0.425. The summed E-state index contributed by atoms with van der Waals surface area (Å²) < 4.78 is 45.1. The Morgan fingerprint density at radius 3 is 2.26 bits per heavy atom. The molecule has 2 N–H and O–H groups in total. The van der Waals surface area contributed by atoms with Crippen LogP contribution < -0.4 is 10.5 Å². The predicted molar refractivity (Wildman–Crippen MR) is 65.4 cm³/mol. The first-order valence-corrected chi connectivity index (χ1v) is 5.65. The van der Waals surface area contributed by atoms with Crippen LogP contribution >= 0.6 is 0 Å². The lowest BCUT2D eigenvalue weighted by Crippen LogP contribution is -2.07. The zero-order valence-corrected chi connectivity index (χ0v) is 10.2. The first-order valence-electron chi connectivity index (χ1n) is 5.65. The van der Waals surface area contributed by atoms with E-state index in [2.05, 4.69) is 0 Å². The van der Waals surface area contributed by atoms with Gasteiger partial charge in [0, 0.05) is 29.8 Å². The molecule has 1 atom stereocenters. The van der Waals surface area contributed by atoms with Gasteiger partial charge in [-0.1, -0.05) is 12.1 Å². The van der Waals surface area contributed by atoms with Gasteiger partial charge in [0.15, 0.2) is 11.6 Å². The minimum absolute atomic E-state index is 0.121. The van der Waals surface area contributed by atoms with Crippen molar-refractivity contribution in [2.24, 2.45) is 5.73 Å². The molecule has 19 heavy (non-hydrogen) atoms. The fourth-order valence-electron chi connectivity index (χ4n) is 1.70. The number of nitrogens with two attached hydrogens (primary N) is 1. The van der Waals surface area contributed by atoms with Gasteiger partial charge in [0.2, 0.25) is 0 Å². The molecule has 0 saturated heterocycles. The van der Waals surface area contributed by atoms with Crippen molar-refractivity contribution in [3.8, 4) is 11.5 Å². The minimum Gasteiger partial charge on any atom is -0.454 e. The number of benzene rings is 2. The first kappa shape index (κ1) is 13.4. The van der Waals surface area contributed by atoms with Crippen molar-refractivity contribution in [1.29, 1.82) is 0 Å². The largest absolute Gasteiger partial charge is 0.454 e. The standard InChI is InChI=1S/C14H12F3NO/c1-8(18)12-3-2-4-13(17)14(12)19-11-6-9(15)5-10(16)7-11/h2-8H,18H2,1H3. The smallest absolute Gasteiger partial charge is 0.167 e. The quantitative estimate of drug-likeness (QED) is 0.914. The van der Waals surface area contributed by atoms with Crippen LogP contribution in [0.15, 0.2) is 36.4 Å². The molecule has 0 bridgehead atoms. The highest BCUT2D eigenvalue weighted by atomic mass is 19.1. The van der Waals surface area contributed by atoms with E-state index in [4.69, 9.17) is 10.5 Å². The highest BCUT2D eigenvalue weighted by Crippen LogP contribution is 2.32. The van der Waals surface area contributed by atoms with Crippen molar-refractivity contribution in [3.63, 3.8) is 0 Å². The van der Waals surface area contributed by atoms with Crippen LogP contribution in [0.5, 0.6) is 11.5 Å². The molecule has 0 aromatic heterocycles. The van der Waals surface area contributed by atoms with Gasteiger partial charge in [0.25, 0.3) is 0 Å². The van der Waals surface area contributed by atoms with Crippen LogP contribution in [0.1, 0.15) is 18.5 Å². The third-order valence-electron chi connectivity index (χ3n) is 2.54. The first-order chi connectivity index (χ1) is 8.97. The summed E-state index contributed by atoms with van der Waals surface area (Å²) in [6, 6.07) is 6.47. The zero-order chi connectivity index (χ0) is 14.0. The second-order valence-electron chi connectivity index (χ2n) is 4.15. The van der Waals surface area contributed by atoms with Crippen LogP contribution in [-0.4, -0.2) is 0 Å². The van der Waals surface area contributed by atoms with Gasteiger partial charge in [-0.25, -0.2) is 13.2 Å². The van der Waals surface area contributed by atoms with Crippen molar-refractivity contribution in [3.05, 3.63) is 59.4 Å². The fourth-order valence-corrected chi connectivity index (χ4v) is 1.70. The summed E-state index contributed by atoms with van der Waals surface area (Å²) in [4.78, 5) is 0. The van der Waals surface area contributed by atoms with E-state index in [9.17, 15) is 13.2 Å². The van der Waals surface area contributed by atoms with Crippen molar-refractivity contribution in [2.45, 2.75) is 13.0 Å². The molecule has 2 rings (SSSR count). The third-order valence-corrected chi connectivity index (χ3v) is 2.54. The maximum Gasteiger partial charge on any atom is 0.167 e. The van der Waals surface area contributed by atoms with Crippen LogP contribution in [0.3, 0.4) is 0 Å². The highest BCUT2D eigenvalue weighted by Gasteiger charge is 2.14. The molecule has 0 spiro atoms. The Bertz CT molecular complexity index is 579. The summed E-state index contributed by atoms with van der Waals surface area (Å²) >= 11 is 0. The molecule has 0 aliphatic rings. The molecule has 0 amide bonds. The second kappa shape index (κ2) is 5.32. The Morgan fingerprint density at radius 1 is 1.05 bits per heavy atom. The van der Waals surface area contributed by atoms with Gasteiger partial charge >= 0.3 is 0 Å². The van der Waals surface area contributed by atoms with Gasteiger partial charge in [-0.3, -0.25) is 0 Å². The lowest BCUT2D eigenvalue weighted by Gasteiger charge is -2.14. The fraction of sp³-hybridized carbons (Fsp3) is 0.143. The monoisotopic (exact) mass is 267 g/mol. The molecule has 0 heterocycles. The van der Waals surface area contributed by atoms with Crippen LogP contribution in [0.2, 0.25) is 0 Å². The van der Waals surface area contributed by atoms with Crippen LogP contribution in [-0.2, 0) is 0 Å². The molecule has 2 nitrogen and oxygen atoms in total. The number of rotatable bonds is 3. The van der Waals surface area contributed by atoms with Crippen molar-refractivity contribution in [1.82, 2.24) is 0 Å². The molecule has 0 radical (unpaired) electrons. The molecular weight excluding hydrogens is 255 g/mol. The molecule has 0 saturated carbocycles. The molecule has 2 aromatic carbocycles. The number of hydrogen-bond acceptors (Lipinski definition) is 2. The van der Waals surface area contributed by atoms with Gasteiger partial charge in [-0.15, -0.1) is 0 Å². The lowest BCUT2D eigenvalue weighted by atomic mass is 10.1. The summed E-state index contributed by atoms with van der Waals surface area (Å²) in [5, 5.41) is 0. The predicted octanol–water partition coefficient (Wildman–Crippen LogP) is 3.92. The van der Waals surface area contributed by atoms with Gasteiger partial charge in [-0.05, 0) is 13.0 Å². The van der Waals surface area contributed by atoms with Gasteiger partial charge in [-0.2, -0.15) is 0 Å². The third kappa shape index (κ3) is 3.06. The van der Waals surface area contributed by atoms with Crippen LogP contribution in [0.4, 0.5) is 13.2 Å². The van der Waals surface area contributed by atoms with Crippen molar-refractivity contribution in [2.75, 3.05) is 0 Å². The molecule has 100 valence electrons. The second-order valence-corrected chi connectivity index (χ2v) is 4.15. The van der Waals surface area contributed by atoms with Crippen molar-refractivity contribution >= 4 is 0 Å². The van der Waals surface area contributed by atoms with Crippen molar-refractivity contribution < 1.29 is 17.9 Å². The summed E-state index contributed by atoms with van der Waals surface area (Å²) in [5.41, 5.74) is 6.12. The summed E-state index contributed by atoms with van der Waals surface area (Å²) in [7, 11) is 0. The zero-order valence-electron chi connectivity index (χ0n) is 10.2. The Balaban J connectivity index is 2.42. The van der Waals surface area contributed by atoms with E-state index in [0.717, 1.165) is 12.1 Å². The van der Waals surface area contributed by atoms with E-state index in [0.29, 0.717) is 11.6 Å². The Hall–Kier alpha value is -2.01. The van der Waals surface area contributed by atoms with E-state index in [1.54, 1.807) is 13.0 Å². The molecule has 1 unspecified atom stereocenters. The average molecular weight is 267 g/mol. The molecule has 0 aliphatic carbocycles. The van der Waals surface area contributed by atoms with E-state index < -0.39 is 23.5 Å². The molecule has 5 heteroatoms. The topological polar surface area (TPSA) is 35.2 Å². The summed E-state index contributed by atoms with van der Waals surface area (Å²) in [6.07, 6.45) is 0. The number of ether oxygens (including phenoxy) is 1. The SMILES string of the molecule is CC(N)c1cccc(F)c1Oc1cc(F)cc(F)c1. The van der Waals surface area contributed by atoms with Gasteiger partial charge in [0.1, 0.15) is 17.4 Å². The van der Waals surface area contributed by atoms with Crippen LogP contribution in [0.25, 0.3) is 0 Å². The van der Waals surface area contributed by atoms with Gasteiger partial charge in [0.05, 0.1) is 0 Å². The number of halogens is 3. The molecule has 2 aromatic rings. The van der Waals surface area contributed by atoms with Gasteiger partial charge < -0.3 is 10.5 Å². The normalized spacial score (nSPS) is 12.3. The molecular formula is C14H12F3NO. The summed E-state index contributed by atoms with van der Waals surface area (Å²) in [5.74, 6) is -2.48. The van der Waals surface area contributed by atoms with Crippen LogP contribution in [0, 0.1) is 17.5 Å². The maximum atomic E-state index is 13.7. The minimum atomic E-state index is -0.798. The van der Waals surface area contributed by atoms with E-state index in [1.165, 1.54) is 12.1 Å². The Kier molecular flexibility index (Phi) is 3.76. The summed E-state index contributed by atoms with van der Waals surface area (Å²) in [6.45, 7) is 1.66. The Morgan fingerprint density at radius 2 is 1.68 bits per heavy atom. The highest BCUT2D eigenvalue weighted by molar-refractivity contribution is 5.40. The Labute approximate surface area is 108 Å². The molecule has 0 aliphatic heterocycles. The van der Waals surface area contributed by atoms with E-state index in [-0.39, 0.29) is 11.5 Å². The maximum absolute atomic E-state index is 13.7. The average Bonchev–Trinajstić information content (AvgIpc) is 2.30. The van der Waals surface area contributed by atoms with E-state index in [1.807, 2.05) is 0 Å². The molecule has 0 fully saturated rings. The number of para-hydroxylation sites is 1.